The molecule has 0 radical (unpaired) electrons. The first-order chi connectivity index (χ1) is 10.3. The molecule has 0 fully saturated rings. The van der Waals surface area contributed by atoms with E-state index in [9.17, 15) is 4.79 Å². The summed E-state index contributed by atoms with van der Waals surface area (Å²) in [6, 6.07) is 16.8. The summed E-state index contributed by atoms with van der Waals surface area (Å²) >= 11 is 0. The fourth-order valence-electron chi connectivity index (χ4n) is 2.28. The molecule has 0 aliphatic heterocycles. The Balaban J connectivity index is 1.87. The summed E-state index contributed by atoms with van der Waals surface area (Å²) in [5, 5.41) is 2.94. The van der Waals surface area contributed by atoms with Crippen molar-refractivity contribution in [2.75, 3.05) is 0 Å². The Morgan fingerprint density at radius 2 is 1.76 bits per heavy atom. The molecule has 5 heteroatoms. The van der Waals surface area contributed by atoms with Crippen molar-refractivity contribution in [1.82, 2.24) is 14.8 Å². The van der Waals surface area contributed by atoms with Crippen LogP contribution in [0.15, 0.2) is 70.0 Å². The van der Waals surface area contributed by atoms with Gasteiger partial charge < -0.3 is 4.42 Å². The third-order valence-electron chi connectivity index (χ3n) is 3.31. The molecule has 21 heavy (non-hydrogen) atoms. The second-order valence-electron chi connectivity index (χ2n) is 4.65. The molecule has 0 unspecified atom stereocenters. The van der Waals surface area contributed by atoms with Gasteiger partial charge in [-0.25, -0.2) is 9.67 Å². The number of benzene rings is 2. The van der Waals surface area contributed by atoms with Crippen LogP contribution in [0.4, 0.5) is 0 Å². The van der Waals surface area contributed by atoms with Crippen molar-refractivity contribution in [2.45, 2.75) is 0 Å². The summed E-state index contributed by atoms with van der Waals surface area (Å²) in [4.78, 5) is 16.8. The predicted octanol–water partition coefficient (Wildman–Crippen LogP) is 2.97. The third-order valence-corrected chi connectivity index (χ3v) is 3.31. The number of fused-ring (bicyclic) bond motifs is 1. The highest BCUT2D eigenvalue weighted by atomic mass is 16.3. The Morgan fingerprint density at radius 1 is 1.00 bits per heavy atom. The van der Waals surface area contributed by atoms with E-state index >= 15 is 0 Å². The molecular formula is C16H11N3O2. The number of para-hydroxylation sites is 3. The molecule has 0 bridgehead atoms. The van der Waals surface area contributed by atoms with E-state index in [-0.39, 0.29) is 5.56 Å². The van der Waals surface area contributed by atoms with Gasteiger partial charge >= 0.3 is 0 Å². The summed E-state index contributed by atoms with van der Waals surface area (Å²) in [5.74, 6) is 0.326. The fraction of sp³-hybridized carbons (Fsp3) is 0. The van der Waals surface area contributed by atoms with E-state index in [1.165, 1.54) is 4.68 Å². The number of aromatic amines is 1. The quantitative estimate of drug-likeness (QED) is 0.612. The Hall–Kier alpha value is -3.08. The number of H-pyrrole nitrogens is 1. The van der Waals surface area contributed by atoms with Crippen LogP contribution < -0.4 is 5.56 Å². The van der Waals surface area contributed by atoms with Gasteiger partial charge in [-0.05, 0) is 24.3 Å². The van der Waals surface area contributed by atoms with E-state index in [2.05, 4.69) is 10.1 Å². The van der Waals surface area contributed by atoms with Crippen molar-refractivity contribution in [1.29, 1.82) is 0 Å². The molecule has 0 aliphatic carbocycles. The molecule has 2 aromatic heterocycles. The highest BCUT2D eigenvalue weighted by Crippen LogP contribution is 2.21. The lowest BCUT2D eigenvalue weighted by Gasteiger charge is -1.98. The topological polar surface area (TPSA) is 63.8 Å². The lowest BCUT2D eigenvalue weighted by atomic mass is 10.3. The van der Waals surface area contributed by atoms with Gasteiger partial charge in [0, 0.05) is 6.20 Å². The van der Waals surface area contributed by atoms with Gasteiger partial charge in [-0.3, -0.25) is 9.89 Å². The smallest absolute Gasteiger partial charge is 0.283 e. The Bertz CT molecular complexity index is 931. The molecule has 4 aromatic rings. The van der Waals surface area contributed by atoms with Crippen molar-refractivity contribution in [3.63, 3.8) is 0 Å². The number of aromatic nitrogens is 3. The molecule has 2 aromatic carbocycles. The van der Waals surface area contributed by atoms with Gasteiger partial charge in [0.2, 0.25) is 5.89 Å². The Kier molecular flexibility index (Phi) is 2.50. The molecule has 0 saturated carbocycles. The molecule has 4 rings (SSSR count). The molecule has 0 amide bonds. The van der Waals surface area contributed by atoms with Crippen molar-refractivity contribution >= 4 is 11.1 Å². The van der Waals surface area contributed by atoms with Crippen LogP contribution in [-0.2, 0) is 0 Å². The summed E-state index contributed by atoms with van der Waals surface area (Å²) in [7, 11) is 0. The monoisotopic (exact) mass is 277 g/mol. The van der Waals surface area contributed by atoms with Crippen LogP contribution in [-0.4, -0.2) is 14.8 Å². The highest BCUT2D eigenvalue weighted by Gasteiger charge is 2.15. The lowest BCUT2D eigenvalue weighted by Crippen LogP contribution is -2.15. The maximum absolute atomic E-state index is 12.5. The van der Waals surface area contributed by atoms with Crippen LogP contribution in [0.5, 0.6) is 0 Å². The van der Waals surface area contributed by atoms with Gasteiger partial charge in [0.05, 0.1) is 5.69 Å². The molecule has 0 atom stereocenters. The van der Waals surface area contributed by atoms with Crippen molar-refractivity contribution in [2.24, 2.45) is 0 Å². The zero-order valence-corrected chi connectivity index (χ0v) is 11.0. The van der Waals surface area contributed by atoms with Crippen LogP contribution in [0.2, 0.25) is 0 Å². The SMILES string of the molecule is O=c1c(-c2nc3ccccc3o2)c[nH]n1-c1ccccc1. The second-order valence-corrected chi connectivity index (χ2v) is 4.65. The number of hydrogen-bond donors (Lipinski definition) is 1. The van der Waals surface area contributed by atoms with Gasteiger partial charge in [0.25, 0.3) is 5.56 Å². The second kappa shape index (κ2) is 4.49. The first kappa shape index (κ1) is 11.7. The maximum Gasteiger partial charge on any atom is 0.283 e. The number of oxazole rings is 1. The molecule has 102 valence electrons. The van der Waals surface area contributed by atoms with Crippen LogP contribution in [0, 0.1) is 0 Å². The molecule has 0 spiro atoms. The summed E-state index contributed by atoms with van der Waals surface area (Å²) in [6.07, 6.45) is 1.61. The van der Waals surface area contributed by atoms with Crippen molar-refractivity contribution in [3.05, 3.63) is 71.1 Å². The van der Waals surface area contributed by atoms with E-state index in [0.717, 1.165) is 11.2 Å². The Labute approximate surface area is 119 Å². The fourth-order valence-corrected chi connectivity index (χ4v) is 2.28. The number of nitrogens with one attached hydrogen (secondary N) is 1. The van der Waals surface area contributed by atoms with Crippen LogP contribution in [0.3, 0.4) is 0 Å². The zero-order valence-electron chi connectivity index (χ0n) is 11.0. The first-order valence-electron chi connectivity index (χ1n) is 6.55. The summed E-state index contributed by atoms with van der Waals surface area (Å²) < 4.78 is 7.10. The summed E-state index contributed by atoms with van der Waals surface area (Å²) in [5.41, 5.74) is 2.39. The van der Waals surface area contributed by atoms with E-state index < -0.39 is 0 Å². The highest BCUT2D eigenvalue weighted by molar-refractivity contribution is 5.75. The van der Waals surface area contributed by atoms with Crippen LogP contribution >= 0.6 is 0 Å². The van der Waals surface area contributed by atoms with Gasteiger partial charge in [0.1, 0.15) is 11.1 Å². The van der Waals surface area contributed by atoms with E-state index in [1.807, 2.05) is 54.6 Å². The number of nitrogens with zero attached hydrogens (tertiary/aromatic N) is 2. The van der Waals surface area contributed by atoms with E-state index in [4.69, 9.17) is 4.42 Å². The lowest BCUT2D eigenvalue weighted by molar-refractivity contribution is 0.619. The third kappa shape index (κ3) is 1.87. The van der Waals surface area contributed by atoms with Gasteiger partial charge in [0.15, 0.2) is 5.58 Å². The molecule has 5 nitrogen and oxygen atoms in total. The minimum Gasteiger partial charge on any atom is -0.436 e. The number of hydrogen-bond acceptors (Lipinski definition) is 3. The molecule has 0 saturated heterocycles. The van der Waals surface area contributed by atoms with Crippen molar-refractivity contribution < 1.29 is 4.42 Å². The molecule has 1 N–H and O–H groups in total. The molecule has 2 heterocycles. The van der Waals surface area contributed by atoms with Crippen LogP contribution in [0.25, 0.3) is 28.2 Å². The average molecular weight is 277 g/mol. The predicted molar refractivity (Wildman–Crippen MR) is 79.4 cm³/mol. The number of rotatable bonds is 2. The van der Waals surface area contributed by atoms with Gasteiger partial charge in [-0.2, -0.15) is 0 Å². The van der Waals surface area contributed by atoms with Crippen molar-refractivity contribution in [3.8, 4) is 17.1 Å². The molecular weight excluding hydrogens is 266 g/mol. The Morgan fingerprint density at radius 3 is 2.57 bits per heavy atom. The normalized spacial score (nSPS) is 11.0. The zero-order chi connectivity index (χ0) is 14.2. The largest absolute Gasteiger partial charge is 0.436 e. The molecule has 0 aliphatic rings. The van der Waals surface area contributed by atoms with Gasteiger partial charge in [-0.15, -0.1) is 0 Å². The standard InChI is InChI=1S/C16H11N3O2/c20-16-12(10-17-19(16)11-6-2-1-3-7-11)15-18-13-8-4-5-9-14(13)21-15/h1-10,17H. The van der Waals surface area contributed by atoms with E-state index in [0.29, 0.717) is 17.0 Å². The van der Waals surface area contributed by atoms with Gasteiger partial charge in [-0.1, -0.05) is 30.3 Å². The summed E-state index contributed by atoms with van der Waals surface area (Å²) in [6.45, 7) is 0. The van der Waals surface area contributed by atoms with E-state index in [1.54, 1.807) is 6.20 Å². The first-order valence-corrected chi connectivity index (χ1v) is 6.55. The average Bonchev–Trinajstić information content (AvgIpc) is 3.11. The minimum absolute atomic E-state index is 0.187. The van der Waals surface area contributed by atoms with Crippen LogP contribution in [0.1, 0.15) is 0 Å². The minimum atomic E-state index is -0.187. The maximum atomic E-state index is 12.5.